The maximum atomic E-state index is 5.94. The van der Waals surface area contributed by atoms with Crippen LogP contribution >= 0.6 is 12.6 Å². The SMILES string of the molecule is C[Si](C)(C)OC[C@H](CS)O[Si](C)(C)C. The zero-order chi connectivity index (χ0) is 11.4. The van der Waals surface area contributed by atoms with E-state index in [1.165, 1.54) is 0 Å². The van der Waals surface area contributed by atoms with Gasteiger partial charge < -0.3 is 8.85 Å². The molecule has 0 radical (unpaired) electrons. The van der Waals surface area contributed by atoms with Crippen LogP contribution in [0.2, 0.25) is 39.3 Å². The van der Waals surface area contributed by atoms with Gasteiger partial charge in [-0.1, -0.05) is 0 Å². The summed E-state index contributed by atoms with van der Waals surface area (Å²) in [5.74, 6) is 0.745. The minimum absolute atomic E-state index is 0.164. The predicted molar refractivity (Wildman–Crippen MR) is 71.4 cm³/mol. The van der Waals surface area contributed by atoms with E-state index in [1.54, 1.807) is 0 Å². The minimum Gasteiger partial charge on any atom is -0.415 e. The first-order valence-corrected chi connectivity index (χ1v) is 12.5. The molecule has 0 aromatic carbocycles. The highest BCUT2D eigenvalue weighted by atomic mass is 32.1. The highest BCUT2D eigenvalue weighted by molar-refractivity contribution is 7.80. The third-order valence-corrected chi connectivity index (χ3v) is 3.91. The van der Waals surface area contributed by atoms with Gasteiger partial charge in [-0.2, -0.15) is 12.6 Å². The molecule has 0 spiro atoms. The van der Waals surface area contributed by atoms with E-state index in [2.05, 4.69) is 51.9 Å². The van der Waals surface area contributed by atoms with Crippen molar-refractivity contribution in [2.24, 2.45) is 0 Å². The molecule has 1 atom stereocenters. The standard InChI is InChI=1S/C9H24O2SSi2/c1-13(2,3)10-7-9(8-12)11-14(4,5)6/h9,12H,7-8H2,1-6H3/t9-/m1/s1. The van der Waals surface area contributed by atoms with Crippen LogP contribution < -0.4 is 0 Å². The van der Waals surface area contributed by atoms with Gasteiger partial charge in [-0.25, -0.2) is 0 Å². The molecule has 86 valence electrons. The Morgan fingerprint density at radius 2 is 1.50 bits per heavy atom. The summed E-state index contributed by atoms with van der Waals surface area (Å²) in [5.41, 5.74) is 0. The zero-order valence-corrected chi connectivity index (χ0v) is 13.1. The fraction of sp³-hybridized carbons (Fsp3) is 1.00. The van der Waals surface area contributed by atoms with Crippen molar-refractivity contribution in [1.82, 2.24) is 0 Å². The Morgan fingerprint density at radius 3 is 1.79 bits per heavy atom. The van der Waals surface area contributed by atoms with Gasteiger partial charge in [0.25, 0.3) is 0 Å². The normalized spacial score (nSPS) is 15.6. The lowest BCUT2D eigenvalue weighted by atomic mass is 10.4. The average Bonchev–Trinajstić information content (AvgIpc) is 1.94. The fourth-order valence-corrected chi connectivity index (χ4v) is 3.12. The maximum Gasteiger partial charge on any atom is 0.184 e. The second kappa shape index (κ2) is 5.70. The van der Waals surface area contributed by atoms with Crippen LogP contribution in [0.4, 0.5) is 0 Å². The first-order chi connectivity index (χ1) is 6.14. The molecule has 0 heterocycles. The van der Waals surface area contributed by atoms with E-state index in [0.29, 0.717) is 6.61 Å². The van der Waals surface area contributed by atoms with Crippen molar-refractivity contribution in [2.75, 3.05) is 12.4 Å². The average molecular weight is 253 g/mol. The summed E-state index contributed by atoms with van der Waals surface area (Å²) >= 11 is 4.29. The van der Waals surface area contributed by atoms with Gasteiger partial charge >= 0.3 is 0 Å². The van der Waals surface area contributed by atoms with Gasteiger partial charge in [-0.05, 0) is 39.3 Å². The van der Waals surface area contributed by atoms with E-state index in [0.717, 1.165) is 5.75 Å². The van der Waals surface area contributed by atoms with Gasteiger partial charge in [0.2, 0.25) is 0 Å². The Kier molecular flexibility index (Phi) is 5.98. The van der Waals surface area contributed by atoms with Crippen molar-refractivity contribution in [3.8, 4) is 0 Å². The van der Waals surface area contributed by atoms with Crippen LogP contribution in [0, 0.1) is 0 Å². The summed E-state index contributed by atoms with van der Waals surface area (Å²) in [7, 11) is -2.86. The van der Waals surface area contributed by atoms with Gasteiger partial charge in [-0.15, -0.1) is 0 Å². The molecule has 0 N–H and O–H groups in total. The third kappa shape index (κ3) is 9.27. The summed E-state index contributed by atoms with van der Waals surface area (Å²) in [6, 6.07) is 0. The summed E-state index contributed by atoms with van der Waals surface area (Å²) in [6.07, 6.45) is 0.164. The molecule has 0 saturated heterocycles. The summed E-state index contributed by atoms with van der Waals surface area (Å²) in [6.45, 7) is 13.8. The van der Waals surface area contributed by atoms with Gasteiger partial charge in [0.05, 0.1) is 12.7 Å². The van der Waals surface area contributed by atoms with Crippen LogP contribution in [-0.2, 0) is 8.85 Å². The van der Waals surface area contributed by atoms with E-state index >= 15 is 0 Å². The van der Waals surface area contributed by atoms with E-state index in [9.17, 15) is 0 Å². The van der Waals surface area contributed by atoms with Crippen LogP contribution in [0.25, 0.3) is 0 Å². The molecule has 2 nitrogen and oxygen atoms in total. The Bertz CT molecular complexity index is 163. The molecule has 0 fully saturated rings. The Labute approximate surface area is 96.0 Å². The van der Waals surface area contributed by atoms with Crippen LogP contribution in [0.3, 0.4) is 0 Å². The Hall–Kier alpha value is 0.704. The number of rotatable bonds is 6. The molecule has 0 amide bonds. The summed E-state index contributed by atoms with van der Waals surface area (Å²) in [5, 5.41) is 0. The smallest absolute Gasteiger partial charge is 0.184 e. The molecule has 0 aliphatic heterocycles. The quantitative estimate of drug-likeness (QED) is 0.579. The molecule has 0 unspecified atom stereocenters. The van der Waals surface area contributed by atoms with Crippen LogP contribution in [0.5, 0.6) is 0 Å². The second-order valence-electron chi connectivity index (χ2n) is 5.46. The van der Waals surface area contributed by atoms with Crippen LogP contribution in [-0.4, -0.2) is 35.1 Å². The minimum atomic E-state index is -1.45. The fourth-order valence-electron chi connectivity index (χ4n) is 0.967. The van der Waals surface area contributed by atoms with Gasteiger partial charge in [0, 0.05) is 5.75 Å². The first-order valence-electron chi connectivity index (χ1n) is 5.07. The first kappa shape index (κ1) is 14.7. The van der Waals surface area contributed by atoms with Gasteiger partial charge in [-0.3, -0.25) is 0 Å². The van der Waals surface area contributed by atoms with E-state index < -0.39 is 16.6 Å². The molecular formula is C9H24O2SSi2. The van der Waals surface area contributed by atoms with Gasteiger partial charge in [0.15, 0.2) is 16.6 Å². The third-order valence-electron chi connectivity index (χ3n) is 1.43. The van der Waals surface area contributed by atoms with Crippen LogP contribution in [0.1, 0.15) is 0 Å². The predicted octanol–water partition coefficient (Wildman–Crippen LogP) is 2.99. The van der Waals surface area contributed by atoms with Crippen molar-refractivity contribution in [1.29, 1.82) is 0 Å². The van der Waals surface area contributed by atoms with Crippen molar-refractivity contribution in [3.05, 3.63) is 0 Å². The van der Waals surface area contributed by atoms with Crippen molar-refractivity contribution < 1.29 is 8.85 Å². The van der Waals surface area contributed by atoms with E-state index in [1.807, 2.05) is 0 Å². The second-order valence-corrected chi connectivity index (χ2v) is 14.8. The molecule has 0 saturated carbocycles. The molecule has 0 rings (SSSR count). The number of hydrogen-bond donors (Lipinski definition) is 1. The molecule has 0 aliphatic rings. The molecule has 5 heteroatoms. The van der Waals surface area contributed by atoms with Crippen molar-refractivity contribution >= 4 is 29.3 Å². The highest BCUT2D eigenvalue weighted by Crippen LogP contribution is 2.11. The lowest BCUT2D eigenvalue weighted by Crippen LogP contribution is -2.38. The Balaban J connectivity index is 3.93. The molecule has 0 aliphatic carbocycles. The van der Waals surface area contributed by atoms with Gasteiger partial charge in [0.1, 0.15) is 0 Å². The number of hydrogen-bond acceptors (Lipinski definition) is 3. The number of thiol groups is 1. The topological polar surface area (TPSA) is 18.5 Å². The molecule has 0 aromatic rings. The largest absolute Gasteiger partial charge is 0.415 e. The monoisotopic (exact) mass is 252 g/mol. The molecule has 14 heavy (non-hydrogen) atoms. The zero-order valence-electron chi connectivity index (χ0n) is 10.3. The highest BCUT2D eigenvalue weighted by Gasteiger charge is 2.22. The molecular weight excluding hydrogens is 228 g/mol. The molecule has 0 bridgehead atoms. The van der Waals surface area contributed by atoms with Crippen molar-refractivity contribution in [3.63, 3.8) is 0 Å². The van der Waals surface area contributed by atoms with E-state index in [4.69, 9.17) is 8.85 Å². The molecule has 0 aromatic heterocycles. The lowest BCUT2D eigenvalue weighted by molar-refractivity contribution is 0.137. The summed E-state index contributed by atoms with van der Waals surface area (Å²) < 4.78 is 11.8. The van der Waals surface area contributed by atoms with E-state index in [-0.39, 0.29) is 6.10 Å². The lowest BCUT2D eigenvalue weighted by Gasteiger charge is -2.28. The Morgan fingerprint density at radius 1 is 1.00 bits per heavy atom. The van der Waals surface area contributed by atoms with Crippen molar-refractivity contribution in [2.45, 2.75) is 45.4 Å². The summed E-state index contributed by atoms with van der Waals surface area (Å²) in [4.78, 5) is 0. The maximum absolute atomic E-state index is 5.94. The van der Waals surface area contributed by atoms with Crippen LogP contribution in [0.15, 0.2) is 0 Å².